The summed E-state index contributed by atoms with van der Waals surface area (Å²) in [6.45, 7) is 3.61. The lowest BCUT2D eigenvalue weighted by Crippen LogP contribution is -2.49. The first kappa shape index (κ1) is 11.4. The Morgan fingerprint density at radius 2 is 1.47 bits per heavy atom. The van der Waals surface area contributed by atoms with Crippen LogP contribution in [0.1, 0.15) is 25.7 Å². The van der Waals surface area contributed by atoms with Gasteiger partial charge in [0.25, 0.3) is 0 Å². The van der Waals surface area contributed by atoms with Gasteiger partial charge in [-0.15, -0.1) is 0 Å². The molecule has 0 N–H and O–H groups in total. The molecular formula is C12H22O3. The molecule has 1 spiro atoms. The van der Waals surface area contributed by atoms with E-state index in [-0.39, 0.29) is 5.41 Å². The molecule has 3 nitrogen and oxygen atoms in total. The molecule has 0 atom stereocenters. The highest BCUT2D eigenvalue weighted by atomic mass is 16.5. The van der Waals surface area contributed by atoms with Crippen LogP contribution < -0.4 is 0 Å². The van der Waals surface area contributed by atoms with Crippen LogP contribution in [0.25, 0.3) is 0 Å². The standard InChI is InChI=1S/C12H22O3/c1-13-7-11(8-14-2)3-5-12(6-4-11)9-15-10-12/h3-10H2,1-2H3. The Balaban J connectivity index is 1.91. The zero-order valence-electron chi connectivity index (χ0n) is 9.88. The van der Waals surface area contributed by atoms with Crippen molar-refractivity contribution in [1.29, 1.82) is 0 Å². The minimum atomic E-state index is 0.268. The van der Waals surface area contributed by atoms with Gasteiger partial charge in [0, 0.05) is 25.0 Å². The molecule has 2 aliphatic rings. The van der Waals surface area contributed by atoms with E-state index in [4.69, 9.17) is 14.2 Å². The van der Waals surface area contributed by atoms with Gasteiger partial charge in [0.15, 0.2) is 0 Å². The Morgan fingerprint density at radius 3 is 1.80 bits per heavy atom. The Hall–Kier alpha value is -0.120. The molecule has 2 fully saturated rings. The molecule has 0 unspecified atom stereocenters. The number of ether oxygens (including phenoxy) is 3. The van der Waals surface area contributed by atoms with Crippen molar-refractivity contribution in [2.75, 3.05) is 40.6 Å². The summed E-state index contributed by atoms with van der Waals surface area (Å²) < 4.78 is 16.0. The average Bonchev–Trinajstić information content (AvgIpc) is 2.18. The topological polar surface area (TPSA) is 27.7 Å². The van der Waals surface area contributed by atoms with Crippen molar-refractivity contribution in [1.82, 2.24) is 0 Å². The van der Waals surface area contributed by atoms with Gasteiger partial charge < -0.3 is 14.2 Å². The van der Waals surface area contributed by atoms with E-state index in [0.29, 0.717) is 5.41 Å². The summed E-state index contributed by atoms with van der Waals surface area (Å²) in [6.07, 6.45) is 5.00. The lowest BCUT2D eigenvalue weighted by molar-refractivity contribution is -0.157. The Kier molecular flexibility index (Phi) is 3.33. The molecule has 88 valence electrons. The molecule has 0 bridgehead atoms. The lowest BCUT2D eigenvalue weighted by atomic mass is 9.63. The van der Waals surface area contributed by atoms with Crippen LogP contribution in [0.4, 0.5) is 0 Å². The van der Waals surface area contributed by atoms with Crippen LogP contribution >= 0.6 is 0 Å². The zero-order valence-corrected chi connectivity index (χ0v) is 9.88. The highest BCUT2D eigenvalue weighted by Gasteiger charge is 2.46. The van der Waals surface area contributed by atoms with Gasteiger partial charge in [0.1, 0.15) is 0 Å². The summed E-state index contributed by atoms with van der Waals surface area (Å²) >= 11 is 0. The van der Waals surface area contributed by atoms with Crippen LogP contribution in [0.3, 0.4) is 0 Å². The molecule has 1 aliphatic heterocycles. The molecule has 2 rings (SSSR count). The maximum absolute atomic E-state index is 5.35. The summed E-state index contributed by atoms with van der Waals surface area (Å²) in [6, 6.07) is 0. The van der Waals surface area contributed by atoms with E-state index in [9.17, 15) is 0 Å². The number of hydrogen-bond acceptors (Lipinski definition) is 3. The molecule has 0 aromatic heterocycles. The molecule has 3 heteroatoms. The second-order valence-corrected chi connectivity index (χ2v) is 5.36. The molecule has 0 amide bonds. The van der Waals surface area contributed by atoms with E-state index < -0.39 is 0 Å². The quantitative estimate of drug-likeness (QED) is 0.715. The molecule has 0 aromatic carbocycles. The van der Waals surface area contributed by atoms with Gasteiger partial charge in [-0.25, -0.2) is 0 Å². The minimum Gasteiger partial charge on any atom is -0.384 e. The number of rotatable bonds is 4. The van der Waals surface area contributed by atoms with E-state index in [1.54, 1.807) is 14.2 Å². The van der Waals surface area contributed by atoms with Gasteiger partial charge in [-0.05, 0) is 25.7 Å². The first-order chi connectivity index (χ1) is 7.24. The fourth-order valence-electron chi connectivity index (χ4n) is 2.93. The minimum absolute atomic E-state index is 0.268. The molecular weight excluding hydrogens is 192 g/mol. The summed E-state index contributed by atoms with van der Waals surface area (Å²) in [4.78, 5) is 0. The van der Waals surface area contributed by atoms with Crippen molar-refractivity contribution in [2.45, 2.75) is 25.7 Å². The predicted molar refractivity (Wildman–Crippen MR) is 57.9 cm³/mol. The smallest absolute Gasteiger partial charge is 0.0544 e. The van der Waals surface area contributed by atoms with Crippen molar-refractivity contribution < 1.29 is 14.2 Å². The van der Waals surface area contributed by atoms with Gasteiger partial charge in [0.05, 0.1) is 26.4 Å². The summed E-state index contributed by atoms with van der Waals surface area (Å²) in [7, 11) is 3.57. The summed E-state index contributed by atoms with van der Waals surface area (Å²) in [5, 5.41) is 0. The Labute approximate surface area is 92.1 Å². The Bertz CT molecular complexity index is 193. The fourth-order valence-corrected chi connectivity index (χ4v) is 2.93. The maximum Gasteiger partial charge on any atom is 0.0544 e. The number of methoxy groups -OCH3 is 2. The SMILES string of the molecule is COCC1(COC)CCC2(CC1)COC2. The van der Waals surface area contributed by atoms with E-state index in [1.165, 1.54) is 25.7 Å². The highest BCUT2D eigenvalue weighted by molar-refractivity contribution is 4.95. The maximum atomic E-state index is 5.35. The van der Waals surface area contributed by atoms with E-state index in [1.807, 2.05) is 0 Å². The van der Waals surface area contributed by atoms with Gasteiger partial charge >= 0.3 is 0 Å². The average molecular weight is 214 g/mol. The first-order valence-electron chi connectivity index (χ1n) is 5.80. The van der Waals surface area contributed by atoms with Crippen molar-refractivity contribution in [2.24, 2.45) is 10.8 Å². The molecule has 0 radical (unpaired) electrons. The van der Waals surface area contributed by atoms with Gasteiger partial charge in [-0.2, -0.15) is 0 Å². The third-order valence-electron chi connectivity index (χ3n) is 4.09. The molecule has 1 saturated carbocycles. The van der Waals surface area contributed by atoms with E-state index in [0.717, 1.165) is 26.4 Å². The molecule has 0 aromatic rings. The summed E-state index contributed by atoms with van der Waals surface area (Å²) in [5.41, 5.74) is 0.787. The third kappa shape index (κ3) is 2.19. The monoisotopic (exact) mass is 214 g/mol. The molecule has 15 heavy (non-hydrogen) atoms. The van der Waals surface area contributed by atoms with Crippen molar-refractivity contribution in [3.63, 3.8) is 0 Å². The van der Waals surface area contributed by atoms with E-state index >= 15 is 0 Å². The normalized spacial score (nSPS) is 27.6. The summed E-state index contributed by atoms with van der Waals surface area (Å²) in [5.74, 6) is 0. The highest BCUT2D eigenvalue weighted by Crippen LogP contribution is 2.49. The largest absolute Gasteiger partial charge is 0.384 e. The fraction of sp³-hybridized carbons (Fsp3) is 1.00. The van der Waals surface area contributed by atoms with Crippen LogP contribution in [-0.4, -0.2) is 40.6 Å². The third-order valence-corrected chi connectivity index (χ3v) is 4.09. The van der Waals surface area contributed by atoms with E-state index in [2.05, 4.69) is 0 Å². The van der Waals surface area contributed by atoms with Gasteiger partial charge in [-0.3, -0.25) is 0 Å². The van der Waals surface area contributed by atoms with Crippen LogP contribution in [0, 0.1) is 10.8 Å². The van der Waals surface area contributed by atoms with Crippen molar-refractivity contribution in [3.8, 4) is 0 Å². The van der Waals surface area contributed by atoms with Gasteiger partial charge in [-0.1, -0.05) is 0 Å². The van der Waals surface area contributed by atoms with Crippen molar-refractivity contribution >= 4 is 0 Å². The second kappa shape index (κ2) is 4.40. The van der Waals surface area contributed by atoms with Crippen LogP contribution in [0.5, 0.6) is 0 Å². The molecule has 1 heterocycles. The first-order valence-corrected chi connectivity index (χ1v) is 5.80. The van der Waals surface area contributed by atoms with Crippen LogP contribution in [0.2, 0.25) is 0 Å². The predicted octanol–water partition coefficient (Wildman–Crippen LogP) is 1.86. The van der Waals surface area contributed by atoms with Crippen LogP contribution in [0.15, 0.2) is 0 Å². The van der Waals surface area contributed by atoms with Crippen LogP contribution in [-0.2, 0) is 14.2 Å². The zero-order chi connectivity index (χ0) is 10.8. The lowest BCUT2D eigenvalue weighted by Gasteiger charge is -2.50. The number of hydrogen-bond donors (Lipinski definition) is 0. The van der Waals surface area contributed by atoms with Gasteiger partial charge in [0.2, 0.25) is 0 Å². The second-order valence-electron chi connectivity index (χ2n) is 5.36. The molecule has 1 aliphatic carbocycles. The Morgan fingerprint density at radius 1 is 0.933 bits per heavy atom. The van der Waals surface area contributed by atoms with Crippen molar-refractivity contribution in [3.05, 3.63) is 0 Å². The molecule has 1 saturated heterocycles.